The van der Waals surface area contributed by atoms with E-state index in [1.165, 1.54) is 4.90 Å². The van der Waals surface area contributed by atoms with Crippen molar-refractivity contribution in [1.29, 1.82) is 0 Å². The first-order valence-corrected chi connectivity index (χ1v) is 11.6. The van der Waals surface area contributed by atoms with Crippen LogP contribution in [0.1, 0.15) is 27.5 Å². The molecule has 2 fully saturated rings. The Hall–Kier alpha value is -4.46. The minimum atomic E-state index is -0.919. The number of nitrogens with zero attached hydrogens (tertiary/aromatic N) is 3. The number of carbonyl (C=O) groups excluding carboxylic acids is 3. The Morgan fingerprint density at radius 3 is 2.08 bits per heavy atom. The molecule has 3 heterocycles. The van der Waals surface area contributed by atoms with Gasteiger partial charge in [0.05, 0.1) is 44.0 Å². The number of amides is 2. The van der Waals surface area contributed by atoms with Crippen LogP contribution in [0.15, 0.2) is 77.9 Å². The lowest BCUT2D eigenvalue weighted by Gasteiger charge is -2.33. The number of imide groups is 1. The van der Waals surface area contributed by atoms with Crippen LogP contribution >= 0.6 is 0 Å². The van der Waals surface area contributed by atoms with Gasteiger partial charge in [-0.1, -0.05) is 24.3 Å². The summed E-state index contributed by atoms with van der Waals surface area (Å²) in [4.78, 5) is 42.8. The highest BCUT2D eigenvalue weighted by molar-refractivity contribution is 6.24. The number of Topliss-reactive ketones (excluding diaryl/α,β-unsaturated/α-hetero) is 1. The maximum Gasteiger partial charge on any atom is 0.240 e. The standard InChI is InChI=1S/C28H23N3O5/c1-35-19-11-7-16(8-12-19)26(32)25-23-22(24-21-6-4-3-5-17(21)15-29-31(24)25)27(33)30(28(23)34)18-9-13-20(36-2)14-10-18/h3-15,22-25H,1-2H3. The van der Waals surface area contributed by atoms with E-state index in [1.807, 2.05) is 24.3 Å². The molecule has 3 aromatic carbocycles. The van der Waals surface area contributed by atoms with Gasteiger partial charge in [-0.25, -0.2) is 4.90 Å². The third-order valence-electron chi connectivity index (χ3n) is 7.27. The minimum Gasteiger partial charge on any atom is -0.497 e. The summed E-state index contributed by atoms with van der Waals surface area (Å²) < 4.78 is 10.4. The molecule has 3 aliphatic rings. The molecule has 0 spiro atoms. The number of ketones is 1. The van der Waals surface area contributed by atoms with Crippen LogP contribution in [-0.2, 0) is 9.59 Å². The predicted octanol–water partition coefficient (Wildman–Crippen LogP) is 3.47. The number of methoxy groups -OCH3 is 2. The molecule has 180 valence electrons. The first kappa shape index (κ1) is 22.0. The third kappa shape index (κ3) is 3.14. The Bertz CT molecular complexity index is 1400. The normalized spacial score (nSPS) is 23.8. The van der Waals surface area contributed by atoms with Gasteiger partial charge in [-0.05, 0) is 59.7 Å². The largest absolute Gasteiger partial charge is 0.497 e. The summed E-state index contributed by atoms with van der Waals surface area (Å²) in [5.74, 6) is -1.37. The molecule has 0 bridgehead atoms. The smallest absolute Gasteiger partial charge is 0.240 e. The molecule has 3 aliphatic heterocycles. The van der Waals surface area contributed by atoms with E-state index >= 15 is 0 Å². The number of hydrogen-bond acceptors (Lipinski definition) is 7. The number of ether oxygens (including phenoxy) is 2. The van der Waals surface area contributed by atoms with Crippen LogP contribution in [-0.4, -0.2) is 49.1 Å². The van der Waals surface area contributed by atoms with Crippen molar-refractivity contribution in [2.45, 2.75) is 12.1 Å². The molecular weight excluding hydrogens is 458 g/mol. The van der Waals surface area contributed by atoms with Gasteiger partial charge in [-0.15, -0.1) is 0 Å². The fraction of sp³-hybridized carbons (Fsp3) is 0.214. The first-order valence-electron chi connectivity index (χ1n) is 11.6. The molecule has 2 amide bonds. The van der Waals surface area contributed by atoms with Gasteiger partial charge in [-0.2, -0.15) is 5.10 Å². The molecule has 36 heavy (non-hydrogen) atoms. The molecule has 0 N–H and O–H groups in total. The molecule has 0 aliphatic carbocycles. The Morgan fingerprint density at radius 2 is 1.42 bits per heavy atom. The van der Waals surface area contributed by atoms with Gasteiger partial charge >= 0.3 is 0 Å². The zero-order valence-electron chi connectivity index (χ0n) is 19.7. The van der Waals surface area contributed by atoms with Crippen molar-refractivity contribution in [3.05, 3.63) is 89.5 Å². The third-order valence-corrected chi connectivity index (χ3v) is 7.27. The Labute approximate surface area is 207 Å². The zero-order valence-corrected chi connectivity index (χ0v) is 19.7. The number of fused-ring (bicyclic) bond motifs is 5. The monoisotopic (exact) mass is 481 g/mol. The van der Waals surface area contributed by atoms with Crippen LogP contribution in [0, 0.1) is 11.8 Å². The summed E-state index contributed by atoms with van der Waals surface area (Å²) in [6.07, 6.45) is 1.69. The lowest BCUT2D eigenvalue weighted by Crippen LogP contribution is -2.44. The van der Waals surface area contributed by atoms with Crippen molar-refractivity contribution in [2.24, 2.45) is 16.9 Å². The van der Waals surface area contributed by atoms with E-state index in [9.17, 15) is 14.4 Å². The molecule has 3 aromatic rings. The maximum atomic E-state index is 13.9. The lowest BCUT2D eigenvalue weighted by molar-refractivity contribution is -0.124. The minimum absolute atomic E-state index is 0.260. The Balaban J connectivity index is 1.46. The summed E-state index contributed by atoms with van der Waals surface area (Å²) in [7, 11) is 3.11. The van der Waals surface area contributed by atoms with Crippen LogP contribution in [0.3, 0.4) is 0 Å². The molecule has 0 aromatic heterocycles. The van der Waals surface area contributed by atoms with Crippen LogP contribution in [0.4, 0.5) is 5.69 Å². The van der Waals surface area contributed by atoms with Gasteiger partial charge in [0.1, 0.15) is 17.5 Å². The van der Waals surface area contributed by atoms with E-state index in [-0.39, 0.29) is 11.7 Å². The number of carbonyl (C=O) groups is 3. The fourth-order valence-corrected chi connectivity index (χ4v) is 5.58. The highest BCUT2D eigenvalue weighted by atomic mass is 16.5. The SMILES string of the molecule is COc1ccc(C(=O)C2C3C(=O)N(c4ccc(OC)cc4)C(=O)C3C3c4ccccc4C=NN23)cc1. The summed E-state index contributed by atoms with van der Waals surface area (Å²) in [5, 5.41) is 6.25. The van der Waals surface area contributed by atoms with Crippen molar-refractivity contribution in [3.63, 3.8) is 0 Å². The number of benzene rings is 3. The highest BCUT2D eigenvalue weighted by Crippen LogP contribution is 2.53. The second-order valence-electron chi connectivity index (χ2n) is 9.00. The van der Waals surface area contributed by atoms with Gasteiger partial charge in [-0.3, -0.25) is 19.4 Å². The van der Waals surface area contributed by atoms with Crippen LogP contribution in [0.2, 0.25) is 0 Å². The number of hydrogen-bond donors (Lipinski definition) is 0. The second kappa shape index (κ2) is 8.34. The van der Waals surface area contributed by atoms with Gasteiger partial charge in [0.2, 0.25) is 11.8 Å². The van der Waals surface area contributed by atoms with Gasteiger partial charge in [0.15, 0.2) is 5.78 Å². The molecule has 2 saturated heterocycles. The van der Waals surface area contributed by atoms with Crippen molar-refractivity contribution in [2.75, 3.05) is 19.1 Å². The van der Waals surface area contributed by atoms with Crippen LogP contribution < -0.4 is 14.4 Å². The molecule has 0 saturated carbocycles. The second-order valence-corrected chi connectivity index (χ2v) is 9.00. The van der Waals surface area contributed by atoms with Crippen molar-refractivity contribution >= 4 is 29.5 Å². The fourth-order valence-electron chi connectivity index (χ4n) is 5.58. The highest BCUT2D eigenvalue weighted by Gasteiger charge is 2.65. The van der Waals surface area contributed by atoms with Gasteiger partial charge < -0.3 is 9.47 Å². The van der Waals surface area contributed by atoms with Crippen LogP contribution in [0.25, 0.3) is 0 Å². The van der Waals surface area contributed by atoms with Crippen LogP contribution in [0.5, 0.6) is 11.5 Å². The van der Waals surface area contributed by atoms with E-state index in [4.69, 9.17) is 9.47 Å². The quantitative estimate of drug-likeness (QED) is 0.410. The van der Waals surface area contributed by atoms with Crippen molar-refractivity contribution < 1.29 is 23.9 Å². The summed E-state index contributed by atoms with van der Waals surface area (Å²) >= 11 is 0. The lowest BCUT2D eigenvalue weighted by atomic mass is 9.83. The molecule has 4 unspecified atom stereocenters. The molecule has 0 radical (unpaired) electrons. The number of anilines is 1. The molecular formula is C28H23N3O5. The molecule has 6 rings (SSSR count). The Morgan fingerprint density at radius 1 is 0.806 bits per heavy atom. The number of rotatable bonds is 5. The molecule has 8 nitrogen and oxygen atoms in total. The average molecular weight is 482 g/mol. The van der Waals surface area contributed by atoms with Crippen molar-refractivity contribution in [1.82, 2.24) is 5.01 Å². The first-order chi connectivity index (χ1) is 17.5. The van der Waals surface area contributed by atoms with Crippen molar-refractivity contribution in [3.8, 4) is 11.5 Å². The molecule has 8 heteroatoms. The topological polar surface area (TPSA) is 88.5 Å². The van der Waals surface area contributed by atoms with Gasteiger partial charge in [0.25, 0.3) is 0 Å². The summed E-state index contributed by atoms with van der Waals surface area (Å²) in [6, 6.07) is 19.7. The number of hydrazone groups is 1. The zero-order chi connectivity index (χ0) is 25.0. The van der Waals surface area contributed by atoms with Gasteiger partial charge in [0, 0.05) is 5.56 Å². The van der Waals surface area contributed by atoms with E-state index < -0.39 is 29.8 Å². The summed E-state index contributed by atoms with van der Waals surface area (Å²) in [6.45, 7) is 0. The van der Waals surface area contributed by atoms with E-state index in [0.29, 0.717) is 22.7 Å². The summed E-state index contributed by atoms with van der Waals surface area (Å²) in [5.41, 5.74) is 2.64. The maximum absolute atomic E-state index is 13.9. The Kier molecular flexibility index (Phi) is 5.10. The average Bonchev–Trinajstić information content (AvgIpc) is 3.40. The van der Waals surface area contributed by atoms with E-state index in [0.717, 1.165) is 11.1 Å². The van der Waals surface area contributed by atoms with E-state index in [1.54, 1.807) is 74.0 Å². The predicted molar refractivity (Wildman–Crippen MR) is 132 cm³/mol. The van der Waals surface area contributed by atoms with E-state index in [2.05, 4.69) is 5.10 Å². The molecule has 4 atom stereocenters.